The van der Waals surface area contributed by atoms with Gasteiger partial charge in [0.15, 0.2) is 0 Å². The highest BCUT2D eigenvalue weighted by Gasteiger charge is 2.23. The Morgan fingerprint density at radius 1 is 1.35 bits per heavy atom. The van der Waals surface area contributed by atoms with Crippen LogP contribution in [0.3, 0.4) is 0 Å². The van der Waals surface area contributed by atoms with Gasteiger partial charge in [0.1, 0.15) is 5.82 Å². The predicted octanol–water partition coefficient (Wildman–Crippen LogP) is 3.63. The first-order valence-corrected chi connectivity index (χ1v) is 7.77. The quantitative estimate of drug-likeness (QED) is 0.725. The summed E-state index contributed by atoms with van der Waals surface area (Å²) in [5.74, 6) is 1.18. The van der Waals surface area contributed by atoms with E-state index in [1.807, 2.05) is 4.68 Å². The van der Waals surface area contributed by atoms with Crippen molar-refractivity contribution in [2.24, 2.45) is 5.92 Å². The first-order chi connectivity index (χ1) is 11.1. The minimum atomic E-state index is -0.273. The fourth-order valence-corrected chi connectivity index (χ4v) is 2.95. The van der Waals surface area contributed by atoms with Crippen LogP contribution in [0.4, 0.5) is 4.39 Å². The Labute approximate surface area is 133 Å². The van der Waals surface area contributed by atoms with Gasteiger partial charge in [-0.3, -0.25) is 4.68 Å². The van der Waals surface area contributed by atoms with E-state index in [-0.39, 0.29) is 5.82 Å². The second-order valence-corrected chi connectivity index (χ2v) is 6.21. The molecule has 2 aromatic heterocycles. The van der Waals surface area contributed by atoms with Crippen molar-refractivity contribution in [2.45, 2.75) is 33.2 Å². The average molecular weight is 312 g/mol. The zero-order valence-corrected chi connectivity index (χ0v) is 13.1. The van der Waals surface area contributed by atoms with Crippen molar-refractivity contribution >= 4 is 0 Å². The third-order valence-corrected chi connectivity index (χ3v) is 4.41. The molecule has 118 valence electrons. The topological polar surface area (TPSA) is 56.7 Å². The Kier molecular flexibility index (Phi) is 3.25. The summed E-state index contributed by atoms with van der Waals surface area (Å²) < 4.78 is 21.1. The molecular weight excluding hydrogens is 295 g/mol. The summed E-state index contributed by atoms with van der Waals surface area (Å²) in [5, 5.41) is 8.40. The van der Waals surface area contributed by atoms with Gasteiger partial charge in [-0.25, -0.2) is 4.39 Å². The van der Waals surface area contributed by atoms with Crippen molar-refractivity contribution in [3.05, 3.63) is 41.5 Å². The van der Waals surface area contributed by atoms with Crippen molar-refractivity contribution in [1.29, 1.82) is 0 Å². The summed E-state index contributed by atoms with van der Waals surface area (Å²) in [4.78, 5) is 4.43. The highest BCUT2D eigenvalue weighted by molar-refractivity contribution is 5.61. The molecule has 1 aromatic carbocycles. The van der Waals surface area contributed by atoms with E-state index in [2.05, 4.69) is 22.2 Å². The molecule has 3 aromatic rings. The molecule has 0 saturated heterocycles. The summed E-state index contributed by atoms with van der Waals surface area (Å²) in [5.41, 5.74) is 3.21. The molecule has 0 saturated carbocycles. The third-order valence-electron chi connectivity index (χ3n) is 4.41. The van der Waals surface area contributed by atoms with Gasteiger partial charge in [-0.2, -0.15) is 10.1 Å². The van der Waals surface area contributed by atoms with Gasteiger partial charge in [0, 0.05) is 12.1 Å². The predicted molar refractivity (Wildman–Crippen MR) is 83.1 cm³/mol. The van der Waals surface area contributed by atoms with Gasteiger partial charge >= 0.3 is 0 Å². The van der Waals surface area contributed by atoms with Crippen LogP contribution in [0, 0.1) is 18.7 Å². The lowest BCUT2D eigenvalue weighted by Crippen LogP contribution is -2.18. The zero-order chi connectivity index (χ0) is 16.0. The highest BCUT2D eigenvalue weighted by Crippen LogP contribution is 2.30. The lowest BCUT2D eigenvalue weighted by molar-refractivity contribution is 0.390. The maximum Gasteiger partial charge on any atom is 0.261 e. The van der Waals surface area contributed by atoms with Crippen LogP contribution in [-0.2, 0) is 13.0 Å². The van der Waals surface area contributed by atoms with Crippen molar-refractivity contribution < 1.29 is 8.91 Å². The van der Waals surface area contributed by atoms with Gasteiger partial charge in [-0.15, -0.1) is 0 Å². The average Bonchev–Trinajstić information content (AvgIpc) is 3.16. The first kappa shape index (κ1) is 14.1. The summed E-state index contributed by atoms with van der Waals surface area (Å²) >= 11 is 0. The number of halogens is 1. The molecule has 1 atom stereocenters. The molecule has 0 bridgehead atoms. The molecule has 0 aliphatic carbocycles. The lowest BCUT2D eigenvalue weighted by atomic mass is 9.96. The molecule has 0 radical (unpaired) electrons. The minimum absolute atomic E-state index is 0.273. The minimum Gasteiger partial charge on any atom is -0.333 e. The largest absolute Gasteiger partial charge is 0.333 e. The molecule has 0 spiro atoms. The van der Waals surface area contributed by atoms with E-state index in [0.29, 0.717) is 28.8 Å². The van der Waals surface area contributed by atoms with Crippen molar-refractivity contribution in [3.63, 3.8) is 0 Å². The van der Waals surface area contributed by atoms with Crippen LogP contribution < -0.4 is 0 Å². The van der Waals surface area contributed by atoms with Crippen LogP contribution in [-0.4, -0.2) is 19.9 Å². The third kappa shape index (κ3) is 2.44. The number of fused-ring (bicyclic) bond motifs is 1. The fraction of sp³-hybridized carbons (Fsp3) is 0.353. The number of rotatable bonds is 2. The Morgan fingerprint density at radius 2 is 2.22 bits per heavy atom. The maximum atomic E-state index is 13.7. The summed E-state index contributed by atoms with van der Waals surface area (Å²) in [6.07, 6.45) is 3.86. The molecular formula is C17H17FN4O. The van der Waals surface area contributed by atoms with Gasteiger partial charge in [-0.05, 0) is 37.3 Å². The van der Waals surface area contributed by atoms with E-state index < -0.39 is 0 Å². The van der Waals surface area contributed by atoms with E-state index in [4.69, 9.17) is 4.52 Å². The molecule has 5 nitrogen and oxygen atoms in total. The fourth-order valence-electron chi connectivity index (χ4n) is 2.95. The molecule has 0 N–H and O–H groups in total. The SMILES string of the molecule is Cc1ccc(-c2noc(-c3cnn4c3CC(C)CC4)n2)cc1F. The van der Waals surface area contributed by atoms with Gasteiger partial charge < -0.3 is 4.52 Å². The Morgan fingerprint density at radius 3 is 3.04 bits per heavy atom. The van der Waals surface area contributed by atoms with Crippen LogP contribution in [0.2, 0.25) is 0 Å². The number of nitrogens with zero attached hydrogens (tertiary/aromatic N) is 4. The lowest BCUT2D eigenvalue weighted by Gasteiger charge is -2.19. The molecule has 1 unspecified atom stereocenters. The number of aryl methyl sites for hydroxylation is 2. The molecule has 0 amide bonds. The number of hydrogen-bond donors (Lipinski definition) is 0. The number of benzene rings is 1. The number of hydrogen-bond acceptors (Lipinski definition) is 4. The second kappa shape index (κ2) is 5.30. The highest BCUT2D eigenvalue weighted by atomic mass is 19.1. The van der Waals surface area contributed by atoms with Crippen LogP contribution in [0.1, 0.15) is 24.6 Å². The van der Waals surface area contributed by atoms with Gasteiger partial charge in [0.2, 0.25) is 5.82 Å². The standard InChI is InChI=1S/C17H17FN4O/c1-10-5-6-22-15(7-10)13(9-19-22)17-20-16(21-23-17)12-4-3-11(2)14(18)8-12/h3-4,8-10H,5-7H2,1-2H3. The summed E-state index contributed by atoms with van der Waals surface area (Å²) in [7, 11) is 0. The Bertz CT molecular complexity index is 867. The smallest absolute Gasteiger partial charge is 0.261 e. The summed E-state index contributed by atoms with van der Waals surface area (Å²) in [6, 6.07) is 4.94. The van der Waals surface area contributed by atoms with E-state index in [1.165, 1.54) is 6.07 Å². The van der Waals surface area contributed by atoms with E-state index in [0.717, 1.165) is 30.6 Å². The van der Waals surface area contributed by atoms with Gasteiger partial charge in [0.25, 0.3) is 5.89 Å². The van der Waals surface area contributed by atoms with Crippen LogP contribution in [0.5, 0.6) is 0 Å². The van der Waals surface area contributed by atoms with Crippen LogP contribution >= 0.6 is 0 Å². The molecule has 0 fully saturated rings. The monoisotopic (exact) mass is 312 g/mol. The van der Waals surface area contributed by atoms with E-state index in [9.17, 15) is 4.39 Å². The van der Waals surface area contributed by atoms with E-state index in [1.54, 1.807) is 25.3 Å². The second-order valence-electron chi connectivity index (χ2n) is 6.21. The Balaban J connectivity index is 1.71. The molecule has 6 heteroatoms. The van der Waals surface area contributed by atoms with Gasteiger partial charge in [0.05, 0.1) is 17.5 Å². The van der Waals surface area contributed by atoms with Crippen molar-refractivity contribution in [3.8, 4) is 22.8 Å². The van der Waals surface area contributed by atoms with Crippen LogP contribution in [0.25, 0.3) is 22.8 Å². The number of aromatic nitrogens is 4. The molecule has 1 aliphatic heterocycles. The summed E-state index contributed by atoms with van der Waals surface area (Å²) in [6.45, 7) is 4.87. The van der Waals surface area contributed by atoms with E-state index >= 15 is 0 Å². The molecule has 23 heavy (non-hydrogen) atoms. The Hall–Kier alpha value is -2.50. The molecule has 4 rings (SSSR count). The molecule has 1 aliphatic rings. The van der Waals surface area contributed by atoms with Gasteiger partial charge in [-0.1, -0.05) is 24.2 Å². The van der Waals surface area contributed by atoms with Crippen molar-refractivity contribution in [2.75, 3.05) is 0 Å². The van der Waals surface area contributed by atoms with Crippen LogP contribution in [0.15, 0.2) is 28.9 Å². The van der Waals surface area contributed by atoms with Crippen molar-refractivity contribution in [1.82, 2.24) is 19.9 Å². The first-order valence-electron chi connectivity index (χ1n) is 7.77. The zero-order valence-electron chi connectivity index (χ0n) is 13.1. The molecule has 3 heterocycles. The maximum absolute atomic E-state index is 13.7. The normalized spacial score (nSPS) is 17.3.